The number of rotatable bonds is 10. The molecule has 1 aromatic carbocycles. The number of carbonyl (C=O) groups is 1. The molecule has 1 aromatic heterocycles. The maximum Gasteiger partial charge on any atom is 0.274 e. The summed E-state index contributed by atoms with van der Waals surface area (Å²) in [6.07, 6.45) is 11.2. The molecule has 1 unspecified atom stereocenters. The van der Waals surface area contributed by atoms with Gasteiger partial charge in [0.2, 0.25) is 0 Å². The third kappa shape index (κ3) is 6.36. The second-order valence-electron chi connectivity index (χ2n) is 8.93. The Morgan fingerprint density at radius 3 is 2.52 bits per heavy atom. The van der Waals surface area contributed by atoms with E-state index < -0.39 is 0 Å². The lowest BCUT2D eigenvalue weighted by molar-refractivity contribution is 0.0717. The van der Waals surface area contributed by atoms with Gasteiger partial charge in [-0.3, -0.25) is 9.36 Å². The summed E-state index contributed by atoms with van der Waals surface area (Å²) in [4.78, 5) is 20.7. The van der Waals surface area contributed by atoms with Gasteiger partial charge < -0.3 is 10.2 Å². The van der Waals surface area contributed by atoms with Crippen LogP contribution < -0.4 is 5.32 Å². The zero-order valence-corrected chi connectivity index (χ0v) is 20.9. The number of aromatic nitrogens is 2. The highest BCUT2D eigenvalue weighted by molar-refractivity contribution is 6.30. The van der Waals surface area contributed by atoms with Crippen LogP contribution in [-0.2, 0) is 6.54 Å². The molecule has 0 spiro atoms. The van der Waals surface area contributed by atoms with Gasteiger partial charge in [0.15, 0.2) is 5.69 Å². The standard InChI is InChI=1S/C27H37ClN4O/c1-5-7-12-21(11-6-2)26-30-25(27(33)31-17-9-8-10-18-31)24(19-29-20(3)4)32(26)23-15-13-22(28)14-16-23/h6-7,12-16,20-21,29H,2,5,8-11,17-19H2,1,3-4H3/b12-7-. The van der Waals surface area contributed by atoms with E-state index in [9.17, 15) is 4.79 Å². The van der Waals surface area contributed by atoms with E-state index in [1.807, 2.05) is 35.2 Å². The van der Waals surface area contributed by atoms with E-state index in [1.165, 1.54) is 6.42 Å². The Labute approximate surface area is 203 Å². The summed E-state index contributed by atoms with van der Waals surface area (Å²) in [7, 11) is 0. The SMILES string of the molecule is C=CCC(/C=C\CC)c1nc(C(=O)N2CCCCC2)c(CNC(C)C)n1-c1ccc(Cl)cc1. The number of carbonyl (C=O) groups excluding carboxylic acids is 1. The Morgan fingerprint density at radius 2 is 1.91 bits per heavy atom. The predicted molar refractivity (Wildman–Crippen MR) is 137 cm³/mol. The van der Waals surface area contributed by atoms with Gasteiger partial charge in [-0.05, 0) is 56.4 Å². The van der Waals surface area contributed by atoms with Crippen molar-refractivity contribution < 1.29 is 4.79 Å². The summed E-state index contributed by atoms with van der Waals surface area (Å²) in [6.45, 7) is 12.5. The number of imidazole rings is 1. The molecule has 5 nitrogen and oxygen atoms in total. The Morgan fingerprint density at radius 1 is 1.21 bits per heavy atom. The van der Waals surface area contributed by atoms with E-state index in [0.29, 0.717) is 17.3 Å². The van der Waals surface area contributed by atoms with Gasteiger partial charge >= 0.3 is 0 Å². The number of hydrogen-bond acceptors (Lipinski definition) is 3. The van der Waals surface area contributed by atoms with Crippen LogP contribution in [0.15, 0.2) is 49.1 Å². The summed E-state index contributed by atoms with van der Waals surface area (Å²) in [5.74, 6) is 0.919. The summed E-state index contributed by atoms with van der Waals surface area (Å²) < 4.78 is 2.15. The lowest BCUT2D eigenvalue weighted by Gasteiger charge is -2.26. The van der Waals surface area contributed by atoms with Crippen LogP contribution in [0.1, 0.15) is 80.8 Å². The Balaban J connectivity index is 2.20. The highest BCUT2D eigenvalue weighted by Crippen LogP contribution is 2.30. The van der Waals surface area contributed by atoms with Crippen molar-refractivity contribution in [1.82, 2.24) is 19.8 Å². The summed E-state index contributed by atoms with van der Waals surface area (Å²) >= 11 is 6.20. The van der Waals surface area contributed by atoms with Crippen LogP contribution in [0.3, 0.4) is 0 Å². The van der Waals surface area contributed by atoms with Gasteiger partial charge in [-0.15, -0.1) is 6.58 Å². The van der Waals surface area contributed by atoms with Crippen LogP contribution in [0.5, 0.6) is 0 Å². The Bertz CT molecular complexity index is 955. The zero-order chi connectivity index (χ0) is 23.8. The summed E-state index contributed by atoms with van der Waals surface area (Å²) in [6, 6.07) is 8.05. The Kier molecular flexibility index (Phi) is 9.33. The molecule has 1 N–H and O–H groups in total. The van der Waals surface area contributed by atoms with Crippen molar-refractivity contribution in [1.29, 1.82) is 0 Å². The van der Waals surface area contributed by atoms with Crippen LogP contribution in [0, 0.1) is 0 Å². The van der Waals surface area contributed by atoms with Crippen molar-refractivity contribution in [2.45, 2.75) is 71.4 Å². The van der Waals surface area contributed by atoms with Crippen LogP contribution in [-0.4, -0.2) is 39.5 Å². The number of allylic oxidation sites excluding steroid dienone is 3. The third-order valence-electron chi connectivity index (χ3n) is 5.96. The number of likely N-dealkylation sites (tertiary alicyclic amines) is 1. The molecule has 0 aliphatic carbocycles. The molecule has 2 aromatic rings. The van der Waals surface area contributed by atoms with E-state index in [2.05, 4.69) is 49.4 Å². The van der Waals surface area contributed by atoms with E-state index in [1.54, 1.807) is 0 Å². The van der Waals surface area contributed by atoms with Gasteiger partial charge in [-0.25, -0.2) is 4.98 Å². The molecular formula is C27H37ClN4O. The van der Waals surface area contributed by atoms with Crippen LogP contribution in [0.25, 0.3) is 5.69 Å². The third-order valence-corrected chi connectivity index (χ3v) is 6.22. The topological polar surface area (TPSA) is 50.2 Å². The number of amides is 1. The molecule has 6 heteroatoms. The second kappa shape index (κ2) is 12.2. The van der Waals surface area contributed by atoms with Crippen LogP contribution in [0.4, 0.5) is 0 Å². The molecule has 0 bridgehead atoms. The number of piperidine rings is 1. The number of halogens is 1. The van der Waals surface area contributed by atoms with Gasteiger partial charge in [-0.1, -0.05) is 50.6 Å². The van der Waals surface area contributed by atoms with Gasteiger partial charge in [0.25, 0.3) is 5.91 Å². The fourth-order valence-corrected chi connectivity index (χ4v) is 4.36. The largest absolute Gasteiger partial charge is 0.337 e. The first-order chi connectivity index (χ1) is 16.0. The maximum absolute atomic E-state index is 13.7. The number of nitrogens with one attached hydrogen (secondary N) is 1. The van der Waals surface area contributed by atoms with Crippen LogP contribution in [0.2, 0.25) is 5.02 Å². The summed E-state index contributed by atoms with van der Waals surface area (Å²) in [5.41, 5.74) is 2.41. The molecule has 0 saturated carbocycles. The minimum absolute atomic E-state index is 0.0267. The molecule has 1 amide bonds. The van der Waals surface area contributed by atoms with E-state index in [4.69, 9.17) is 16.6 Å². The van der Waals surface area contributed by atoms with Crippen molar-refractivity contribution in [3.05, 3.63) is 71.3 Å². The van der Waals surface area contributed by atoms with Gasteiger partial charge in [0.05, 0.1) is 5.69 Å². The molecule has 0 radical (unpaired) electrons. The molecule has 1 aliphatic heterocycles. The molecular weight excluding hydrogens is 432 g/mol. The van der Waals surface area contributed by atoms with E-state index >= 15 is 0 Å². The molecule has 33 heavy (non-hydrogen) atoms. The number of benzene rings is 1. The smallest absolute Gasteiger partial charge is 0.274 e. The maximum atomic E-state index is 13.7. The van der Waals surface area contributed by atoms with Crippen LogP contribution >= 0.6 is 11.6 Å². The first-order valence-electron chi connectivity index (χ1n) is 12.1. The average molecular weight is 469 g/mol. The first-order valence-corrected chi connectivity index (χ1v) is 12.5. The molecule has 3 rings (SSSR count). The average Bonchev–Trinajstić information content (AvgIpc) is 3.20. The first kappa shape index (κ1) is 25.3. The van der Waals surface area contributed by atoms with Crippen molar-refractivity contribution >= 4 is 17.5 Å². The molecule has 1 aliphatic rings. The lowest BCUT2D eigenvalue weighted by atomic mass is 10.0. The Hall–Kier alpha value is -2.37. The van der Waals surface area contributed by atoms with E-state index in [-0.39, 0.29) is 17.9 Å². The van der Waals surface area contributed by atoms with Crippen molar-refractivity contribution in [2.24, 2.45) is 0 Å². The molecule has 178 valence electrons. The highest BCUT2D eigenvalue weighted by atomic mass is 35.5. The normalized spacial score (nSPS) is 15.4. The lowest BCUT2D eigenvalue weighted by Crippen LogP contribution is -2.37. The van der Waals surface area contributed by atoms with Crippen molar-refractivity contribution in [3.63, 3.8) is 0 Å². The summed E-state index contributed by atoms with van der Waals surface area (Å²) in [5, 5.41) is 4.19. The zero-order valence-electron chi connectivity index (χ0n) is 20.2. The fraction of sp³-hybridized carbons (Fsp3) is 0.481. The second-order valence-corrected chi connectivity index (χ2v) is 9.37. The minimum atomic E-state index is 0.0267. The van der Waals surface area contributed by atoms with Crippen molar-refractivity contribution in [3.8, 4) is 5.69 Å². The van der Waals surface area contributed by atoms with E-state index in [0.717, 1.165) is 56.0 Å². The minimum Gasteiger partial charge on any atom is -0.337 e. The molecule has 2 heterocycles. The van der Waals surface area contributed by atoms with Gasteiger partial charge in [0.1, 0.15) is 5.82 Å². The number of hydrogen-bond donors (Lipinski definition) is 1. The molecule has 1 saturated heterocycles. The van der Waals surface area contributed by atoms with Crippen molar-refractivity contribution in [2.75, 3.05) is 13.1 Å². The number of nitrogens with zero attached hydrogens (tertiary/aromatic N) is 3. The van der Waals surface area contributed by atoms with Gasteiger partial charge in [0, 0.05) is 42.3 Å². The van der Waals surface area contributed by atoms with Gasteiger partial charge in [-0.2, -0.15) is 0 Å². The monoisotopic (exact) mass is 468 g/mol. The quantitative estimate of drug-likeness (QED) is 0.417. The highest BCUT2D eigenvalue weighted by Gasteiger charge is 2.29. The molecule has 1 atom stereocenters. The molecule has 1 fully saturated rings. The predicted octanol–water partition coefficient (Wildman–Crippen LogP) is 6.28. The fourth-order valence-electron chi connectivity index (χ4n) is 4.23.